The highest BCUT2D eigenvalue weighted by Gasteiger charge is 2.14. The molecule has 0 fully saturated rings. The minimum Gasteiger partial charge on any atom is -0.340 e. The Labute approximate surface area is 118 Å². The number of pyridine rings is 1. The van der Waals surface area contributed by atoms with E-state index in [1.54, 1.807) is 24.3 Å². The van der Waals surface area contributed by atoms with Crippen molar-refractivity contribution in [3.63, 3.8) is 0 Å². The zero-order valence-electron chi connectivity index (χ0n) is 10.2. The number of ketones is 1. The maximum Gasteiger partial charge on any atom is 0.332 e. The molecule has 0 radical (unpaired) electrons. The van der Waals surface area contributed by atoms with Gasteiger partial charge in [-0.15, -0.1) is 0 Å². The Kier molecular flexibility index (Phi) is 3.95. The summed E-state index contributed by atoms with van der Waals surface area (Å²) in [4.78, 5) is 33.2. The molecule has 0 saturated heterocycles. The standard InChI is InChI=1S/C13H9ClN2O4/c14-10-4-2-1-3-9(10)13(18)8-15-6-5-12(17)11(7-15)16(19)20/h1-7H,8H2. The fraction of sp³-hybridized carbons (Fsp3) is 0.0769. The highest BCUT2D eigenvalue weighted by atomic mass is 35.5. The molecule has 0 spiro atoms. The minimum absolute atomic E-state index is 0.134. The van der Waals surface area contributed by atoms with Gasteiger partial charge in [-0.3, -0.25) is 19.7 Å². The van der Waals surface area contributed by atoms with E-state index in [0.29, 0.717) is 10.6 Å². The number of nitro groups is 1. The molecule has 2 aromatic rings. The third-order valence-electron chi connectivity index (χ3n) is 2.66. The smallest absolute Gasteiger partial charge is 0.332 e. The monoisotopic (exact) mass is 292 g/mol. The van der Waals surface area contributed by atoms with Crippen LogP contribution in [0.15, 0.2) is 47.5 Å². The van der Waals surface area contributed by atoms with Crippen LogP contribution >= 0.6 is 11.6 Å². The van der Waals surface area contributed by atoms with Gasteiger partial charge in [0, 0.05) is 17.8 Å². The van der Waals surface area contributed by atoms with Crippen LogP contribution in [0.5, 0.6) is 0 Å². The number of carbonyl (C=O) groups is 1. The lowest BCUT2D eigenvalue weighted by Gasteiger charge is -2.06. The van der Waals surface area contributed by atoms with E-state index >= 15 is 0 Å². The van der Waals surface area contributed by atoms with Crippen molar-refractivity contribution in [2.45, 2.75) is 6.54 Å². The van der Waals surface area contributed by atoms with Crippen molar-refractivity contribution in [1.29, 1.82) is 0 Å². The molecule has 0 aliphatic rings. The maximum atomic E-state index is 12.0. The number of Topliss-reactive ketones (excluding diaryl/α,β-unsaturated/α-hetero) is 1. The predicted octanol–water partition coefficient (Wildman–Crippen LogP) is 2.29. The topological polar surface area (TPSA) is 82.2 Å². The van der Waals surface area contributed by atoms with Crippen molar-refractivity contribution in [2.75, 3.05) is 0 Å². The number of benzene rings is 1. The summed E-state index contributed by atoms with van der Waals surface area (Å²) in [6, 6.07) is 7.58. The summed E-state index contributed by atoms with van der Waals surface area (Å²) in [7, 11) is 0. The molecule has 1 aromatic carbocycles. The maximum absolute atomic E-state index is 12.0. The first-order valence-electron chi connectivity index (χ1n) is 5.61. The highest BCUT2D eigenvalue weighted by Crippen LogP contribution is 2.16. The Hall–Kier alpha value is -2.47. The fourth-order valence-corrected chi connectivity index (χ4v) is 1.93. The van der Waals surface area contributed by atoms with Crippen LogP contribution < -0.4 is 5.43 Å². The summed E-state index contributed by atoms with van der Waals surface area (Å²) >= 11 is 5.90. The van der Waals surface area contributed by atoms with E-state index in [-0.39, 0.29) is 12.3 Å². The molecule has 0 aliphatic carbocycles. The zero-order valence-corrected chi connectivity index (χ0v) is 10.9. The molecule has 0 amide bonds. The van der Waals surface area contributed by atoms with Crippen molar-refractivity contribution in [3.05, 3.63) is 73.6 Å². The summed E-state index contributed by atoms with van der Waals surface area (Å²) < 4.78 is 1.28. The first-order chi connectivity index (χ1) is 9.49. The molecule has 102 valence electrons. The lowest BCUT2D eigenvalue weighted by atomic mass is 10.1. The molecule has 20 heavy (non-hydrogen) atoms. The second-order valence-corrected chi connectivity index (χ2v) is 4.43. The summed E-state index contributed by atoms with van der Waals surface area (Å²) in [5.74, 6) is -0.298. The largest absolute Gasteiger partial charge is 0.340 e. The number of hydrogen-bond donors (Lipinski definition) is 0. The van der Waals surface area contributed by atoms with Crippen molar-refractivity contribution < 1.29 is 9.72 Å². The van der Waals surface area contributed by atoms with Crippen molar-refractivity contribution >= 4 is 23.1 Å². The molecule has 2 rings (SSSR count). The Morgan fingerprint density at radius 1 is 1.30 bits per heavy atom. The van der Waals surface area contributed by atoms with Gasteiger partial charge >= 0.3 is 5.69 Å². The molecule has 0 saturated carbocycles. The van der Waals surface area contributed by atoms with Gasteiger partial charge < -0.3 is 4.57 Å². The number of carbonyl (C=O) groups excluding carboxylic acids is 1. The van der Waals surface area contributed by atoms with Gasteiger partial charge in [-0.1, -0.05) is 23.7 Å². The van der Waals surface area contributed by atoms with Gasteiger partial charge in [0.25, 0.3) is 5.43 Å². The lowest BCUT2D eigenvalue weighted by Crippen LogP contribution is -2.15. The first kappa shape index (κ1) is 14.0. The molecule has 7 heteroatoms. The van der Waals surface area contributed by atoms with Crippen molar-refractivity contribution in [1.82, 2.24) is 4.57 Å². The zero-order chi connectivity index (χ0) is 14.7. The van der Waals surface area contributed by atoms with Crippen molar-refractivity contribution in [3.8, 4) is 0 Å². The first-order valence-corrected chi connectivity index (χ1v) is 5.99. The Morgan fingerprint density at radius 2 is 2.00 bits per heavy atom. The third-order valence-corrected chi connectivity index (χ3v) is 2.98. The van der Waals surface area contributed by atoms with E-state index in [1.165, 1.54) is 10.8 Å². The molecular formula is C13H9ClN2O4. The molecule has 0 aliphatic heterocycles. The number of aromatic nitrogens is 1. The van der Waals surface area contributed by atoms with Gasteiger partial charge in [0.2, 0.25) is 0 Å². The number of halogens is 1. The molecule has 0 atom stereocenters. The molecular weight excluding hydrogens is 284 g/mol. The van der Waals surface area contributed by atoms with Crippen LogP contribution in [0.4, 0.5) is 5.69 Å². The van der Waals surface area contributed by atoms with Gasteiger partial charge in [0.1, 0.15) is 0 Å². The molecule has 6 nitrogen and oxygen atoms in total. The van der Waals surface area contributed by atoms with Crippen LogP contribution in [-0.2, 0) is 6.54 Å². The summed E-state index contributed by atoms with van der Waals surface area (Å²) in [6.45, 7) is -0.134. The van der Waals surface area contributed by atoms with E-state index in [9.17, 15) is 19.7 Å². The summed E-state index contributed by atoms with van der Waals surface area (Å²) in [6.07, 6.45) is 2.36. The number of nitrogens with zero attached hydrogens (tertiary/aromatic N) is 2. The molecule has 0 N–H and O–H groups in total. The number of rotatable bonds is 4. The molecule has 0 bridgehead atoms. The number of hydrogen-bond acceptors (Lipinski definition) is 4. The molecule has 1 aromatic heterocycles. The van der Waals surface area contributed by atoms with Gasteiger partial charge in [-0.25, -0.2) is 0 Å². The van der Waals surface area contributed by atoms with E-state index in [0.717, 1.165) is 12.3 Å². The van der Waals surface area contributed by atoms with Crippen LogP contribution in [0.3, 0.4) is 0 Å². The Bertz CT molecular complexity index is 739. The second-order valence-electron chi connectivity index (χ2n) is 4.03. The minimum atomic E-state index is -0.779. The quantitative estimate of drug-likeness (QED) is 0.492. The van der Waals surface area contributed by atoms with Gasteiger partial charge in [-0.2, -0.15) is 0 Å². The van der Waals surface area contributed by atoms with Crippen LogP contribution in [0.25, 0.3) is 0 Å². The fourth-order valence-electron chi connectivity index (χ4n) is 1.69. The summed E-state index contributed by atoms with van der Waals surface area (Å²) in [5.41, 5.74) is -0.938. The van der Waals surface area contributed by atoms with Crippen LogP contribution in [0, 0.1) is 10.1 Å². The van der Waals surface area contributed by atoms with E-state index in [4.69, 9.17) is 11.6 Å². The van der Waals surface area contributed by atoms with Gasteiger partial charge in [-0.05, 0) is 12.1 Å². The summed E-state index contributed by atoms with van der Waals surface area (Å²) in [5, 5.41) is 11.0. The van der Waals surface area contributed by atoms with Crippen LogP contribution in [0.2, 0.25) is 5.02 Å². The van der Waals surface area contributed by atoms with Gasteiger partial charge in [0.15, 0.2) is 5.78 Å². The normalized spacial score (nSPS) is 10.2. The Balaban J connectivity index is 2.29. The predicted molar refractivity (Wildman–Crippen MR) is 73.1 cm³/mol. The van der Waals surface area contributed by atoms with E-state index < -0.39 is 16.0 Å². The van der Waals surface area contributed by atoms with Gasteiger partial charge in [0.05, 0.1) is 22.7 Å². The molecule has 0 unspecified atom stereocenters. The second kappa shape index (κ2) is 5.66. The van der Waals surface area contributed by atoms with Crippen LogP contribution in [-0.4, -0.2) is 15.3 Å². The highest BCUT2D eigenvalue weighted by molar-refractivity contribution is 6.33. The van der Waals surface area contributed by atoms with Crippen molar-refractivity contribution in [2.24, 2.45) is 0 Å². The third kappa shape index (κ3) is 2.92. The average Bonchev–Trinajstić information content (AvgIpc) is 2.41. The SMILES string of the molecule is O=C(Cn1ccc(=O)c([N+](=O)[O-])c1)c1ccccc1Cl. The van der Waals surface area contributed by atoms with Crippen LogP contribution in [0.1, 0.15) is 10.4 Å². The molecule has 1 heterocycles. The lowest BCUT2D eigenvalue weighted by molar-refractivity contribution is -0.386. The van der Waals surface area contributed by atoms with E-state index in [2.05, 4.69) is 0 Å². The Morgan fingerprint density at radius 3 is 2.65 bits per heavy atom. The van der Waals surface area contributed by atoms with E-state index in [1.807, 2.05) is 0 Å². The average molecular weight is 293 g/mol.